The lowest BCUT2D eigenvalue weighted by atomic mass is 10.6. The minimum Gasteiger partial charge on any atom is -0.379 e. The smallest absolute Gasteiger partial charge is 0.151 e. The predicted molar refractivity (Wildman–Crippen MR) is 66.9 cm³/mol. The van der Waals surface area contributed by atoms with E-state index in [9.17, 15) is 0 Å². The SMILES string of the molecule is Br.Br.N=C(N)SCCNCCN. The second kappa shape index (κ2) is 14.2. The summed E-state index contributed by atoms with van der Waals surface area (Å²) in [6.07, 6.45) is 0. The first-order valence-electron chi connectivity index (χ1n) is 3.15. The van der Waals surface area contributed by atoms with E-state index in [4.69, 9.17) is 16.9 Å². The minimum absolute atomic E-state index is 0. The molecule has 0 rings (SSSR count). The van der Waals surface area contributed by atoms with Crippen LogP contribution in [0.3, 0.4) is 0 Å². The molecule has 0 unspecified atom stereocenters. The Bertz CT molecular complexity index is 103. The van der Waals surface area contributed by atoms with E-state index in [-0.39, 0.29) is 39.1 Å². The van der Waals surface area contributed by atoms with Gasteiger partial charge in [0.2, 0.25) is 0 Å². The normalized spacial score (nSPS) is 8.08. The van der Waals surface area contributed by atoms with Crippen molar-refractivity contribution in [1.29, 1.82) is 5.41 Å². The Morgan fingerprint density at radius 3 is 2.33 bits per heavy atom. The summed E-state index contributed by atoms with van der Waals surface area (Å²) < 4.78 is 0. The molecule has 0 bridgehead atoms. The van der Waals surface area contributed by atoms with Crippen molar-refractivity contribution in [2.24, 2.45) is 11.5 Å². The number of thioether (sulfide) groups is 1. The molecule has 7 heteroatoms. The van der Waals surface area contributed by atoms with E-state index in [1.165, 1.54) is 11.8 Å². The summed E-state index contributed by atoms with van der Waals surface area (Å²) in [5.41, 5.74) is 10.3. The molecule has 4 nitrogen and oxygen atoms in total. The van der Waals surface area contributed by atoms with Gasteiger partial charge in [0.25, 0.3) is 0 Å². The lowest BCUT2D eigenvalue weighted by Crippen LogP contribution is -2.25. The first kappa shape index (κ1) is 18.5. The Labute approximate surface area is 98.3 Å². The lowest BCUT2D eigenvalue weighted by Gasteiger charge is -2.00. The molecular formula is C5H16Br2N4S. The van der Waals surface area contributed by atoms with Gasteiger partial charge in [-0.15, -0.1) is 34.0 Å². The van der Waals surface area contributed by atoms with Gasteiger partial charge >= 0.3 is 0 Å². The van der Waals surface area contributed by atoms with Crippen molar-refractivity contribution >= 4 is 50.9 Å². The molecule has 6 N–H and O–H groups in total. The maximum atomic E-state index is 6.86. The van der Waals surface area contributed by atoms with Gasteiger partial charge in [-0.3, -0.25) is 5.41 Å². The van der Waals surface area contributed by atoms with Crippen LogP contribution in [-0.2, 0) is 0 Å². The van der Waals surface area contributed by atoms with Crippen LogP contribution in [0.1, 0.15) is 0 Å². The fourth-order valence-corrected chi connectivity index (χ4v) is 0.927. The number of hydrogen-bond donors (Lipinski definition) is 4. The topological polar surface area (TPSA) is 87.9 Å². The van der Waals surface area contributed by atoms with Crippen LogP contribution < -0.4 is 16.8 Å². The fraction of sp³-hybridized carbons (Fsp3) is 0.800. The number of nitrogens with one attached hydrogen (secondary N) is 2. The molecule has 0 saturated carbocycles. The van der Waals surface area contributed by atoms with Crippen molar-refractivity contribution in [3.63, 3.8) is 0 Å². The van der Waals surface area contributed by atoms with Gasteiger partial charge in [0, 0.05) is 25.4 Å². The summed E-state index contributed by atoms with van der Waals surface area (Å²) in [6.45, 7) is 2.35. The molecule has 0 heterocycles. The number of amidine groups is 1. The highest BCUT2D eigenvalue weighted by Crippen LogP contribution is 1.93. The molecule has 0 spiro atoms. The van der Waals surface area contributed by atoms with E-state index in [0.717, 1.165) is 18.8 Å². The summed E-state index contributed by atoms with van der Waals surface area (Å²) >= 11 is 1.34. The van der Waals surface area contributed by atoms with Crippen LogP contribution >= 0.6 is 45.7 Å². The van der Waals surface area contributed by atoms with Crippen molar-refractivity contribution in [2.75, 3.05) is 25.4 Å². The van der Waals surface area contributed by atoms with Crippen LogP contribution in [0.4, 0.5) is 0 Å². The van der Waals surface area contributed by atoms with Crippen molar-refractivity contribution in [1.82, 2.24) is 5.32 Å². The minimum atomic E-state index is 0. The summed E-state index contributed by atoms with van der Waals surface area (Å²) in [5, 5.41) is 10.1. The average molecular weight is 324 g/mol. The zero-order valence-corrected chi connectivity index (χ0v) is 11.0. The van der Waals surface area contributed by atoms with E-state index in [2.05, 4.69) is 5.32 Å². The Balaban J connectivity index is -0.000000405. The summed E-state index contributed by atoms with van der Waals surface area (Å²) in [5.74, 6) is 0.843. The molecule has 0 aliphatic rings. The molecule has 0 atom stereocenters. The number of rotatable bonds is 5. The van der Waals surface area contributed by atoms with E-state index in [0.29, 0.717) is 6.54 Å². The van der Waals surface area contributed by atoms with Gasteiger partial charge in [0.15, 0.2) is 5.17 Å². The molecule has 0 radical (unpaired) electrons. The van der Waals surface area contributed by atoms with Gasteiger partial charge in [-0.1, -0.05) is 11.8 Å². The number of halogens is 2. The predicted octanol–water partition coefficient (Wildman–Crippen LogP) is 0.317. The molecule has 0 amide bonds. The van der Waals surface area contributed by atoms with Crippen LogP contribution in [0, 0.1) is 5.41 Å². The highest BCUT2D eigenvalue weighted by atomic mass is 79.9. The molecule has 12 heavy (non-hydrogen) atoms. The summed E-state index contributed by atoms with van der Waals surface area (Å²) in [6, 6.07) is 0. The van der Waals surface area contributed by atoms with Crippen LogP contribution in [0.25, 0.3) is 0 Å². The zero-order valence-electron chi connectivity index (χ0n) is 6.71. The van der Waals surface area contributed by atoms with E-state index in [1.807, 2.05) is 0 Å². The molecular weight excluding hydrogens is 308 g/mol. The highest BCUT2D eigenvalue weighted by Gasteiger charge is 1.89. The first-order valence-corrected chi connectivity index (χ1v) is 4.13. The second-order valence-electron chi connectivity index (χ2n) is 1.75. The van der Waals surface area contributed by atoms with E-state index >= 15 is 0 Å². The van der Waals surface area contributed by atoms with Gasteiger partial charge in [0.05, 0.1) is 0 Å². The maximum Gasteiger partial charge on any atom is 0.151 e. The monoisotopic (exact) mass is 322 g/mol. The summed E-state index contributed by atoms with van der Waals surface area (Å²) in [4.78, 5) is 0. The third kappa shape index (κ3) is 17.0. The molecule has 0 fully saturated rings. The van der Waals surface area contributed by atoms with Crippen LogP contribution in [0.2, 0.25) is 0 Å². The largest absolute Gasteiger partial charge is 0.379 e. The van der Waals surface area contributed by atoms with Crippen molar-refractivity contribution in [3.8, 4) is 0 Å². The van der Waals surface area contributed by atoms with Crippen LogP contribution in [0.15, 0.2) is 0 Å². The van der Waals surface area contributed by atoms with Gasteiger partial charge in [-0.2, -0.15) is 0 Å². The second-order valence-corrected chi connectivity index (χ2v) is 2.89. The van der Waals surface area contributed by atoms with Crippen LogP contribution in [-0.4, -0.2) is 30.6 Å². The molecule has 0 aliphatic carbocycles. The Kier molecular flexibility index (Phi) is 21.9. The van der Waals surface area contributed by atoms with Gasteiger partial charge in [-0.05, 0) is 0 Å². The standard InChI is InChI=1S/C5H14N4S.2BrH/c6-1-2-9-3-4-10-5(7)8;;/h9H,1-4,6H2,(H3,7,8);2*1H. The van der Waals surface area contributed by atoms with Crippen LogP contribution in [0.5, 0.6) is 0 Å². The molecule has 0 aromatic rings. The molecule has 0 aromatic heterocycles. The Morgan fingerprint density at radius 1 is 1.33 bits per heavy atom. The number of hydrogen-bond acceptors (Lipinski definition) is 4. The van der Waals surface area contributed by atoms with Gasteiger partial charge in [-0.25, -0.2) is 0 Å². The average Bonchev–Trinajstić information content (AvgIpc) is 1.87. The Hall–Kier alpha value is 0.700. The van der Waals surface area contributed by atoms with E-state index in [1.54, 1.807) is 0 Å². The van der Waals surface area contributed by atoms with Crippen molar-refractivity contribution < 1.29 is 0 Å². The van der Waals surface area contributed by atoms with Gasteiger partial charge < -0.3 is 16.8 Å². The van der Waals surface area contributed by atoms with E-state index < -0.39 is 0 Å². The third-order valence-corrected chi connectivity index (χ3v) is 1.58. The molecule has 76 valence electrons. The molecule has 0 aliphatic heterocycles. The van der Waals surface area contributed by atoms with Crippen molar-refractivity contribution in [2.45, 2.75) is 0 Å². The Morgan fingerprint density at radius 2 is 1.92 bits per heavy atom. The zero-order chi connectivity index (χ0) is 7.82. The first-order chi connectivity index (χ1) is 4.77. The third-order valence-electron chi connectivity index (χ3n) is 0.858. The van der Waals surface area contributed by atoms with Crippen molar-refractivity contribution in [3.05, 3.63) is 0 Å². The summed E-state index contributed by atoms with van der Waals surface area (Å²) in [7, 11) is 0. The maximum absolute atomic E-state index is 6.86. The number of nitrogens with two attached hydrogens (primary N) is 2. The fourth-order valence-electron chi connectivity index (χ4n) is 0.460. The highest BCUT2D eigenvalue weighted by molar-refractivity contribution is 8.93. The molecule has 0 saturated heterocycles. The van der Waals surface area contributed by atoms with Gasteiger partial charge in [0.1, 0.15) is 0 Å². The quantitative estimate of drug-likeness (QED) is 0.333. The lowest BCUT2D eigenvalue weighted by molar-refractivity contribution is 0.730. The molecule has 0 aromatic carbocycles.